The summed E-state index contributed by atoms with van der Waals surface area (Å²) in [4.78, 5) is 24.5. The van der Waals surface area contributed by atoms with Crippen molar-refractivity contribution in [3.05, 3.63) is 120 Å². The van der Waals surface area contributed by atoms with Crippen LogP contribution in [0.5, 0.6) is 5.75 Å². The predicted molar refractivity (Wildman–Crippen MR) is 120 cm³/mol. The largest absolute Gasteiger partial charge is 0.426 e. The van der Waals surface area contributed by atoms with Crippen molar-refractivity contribution >= 4 is 28.6 Å². The first-order chi connectivity index (χ1) is 14.7. The summed E-state index contributed by atoms with van der Waals surface area (Å²) in [6.45, 7) is 0. The van der Waals surface area contributed by atoms with Crippen LogP contribution in [0, 0.1) is 0 Å². The number of carbonyl (C=O) groups is 2. The first kappa shape index (κ1) is 19.3. The number of esters is 1. The number of carbonyl (C=O) groups excluding carboxylic acids is 2. The molecule has 4 aromatic rings. The minimum atomic E-state index is -0.309. The molecule has 0 saturated carbocycles. The van der Waals surface area contributed by atoms with E-state index in [0.717, 1.165) is 21.9 Å². The van der Waals surface area contributed by atoms with E-state index < -0.39 is 0 Å². The summed E-state index contributed by atoms with van der Waals surface area (Å²) in [5.74, 6) is 0.115. The third-order valence-corrected chi connectivity index (χ3v) is 4.76. The van der Waals surface area contributed by atoms with Gasteiger partial charge in [0.2, 0.25) is 0 Å². The molecular weight excluding hydrogens is 372 g/mol. The summed E-state index contributed by atoms with van der Waals surface area (Å²) in [6, 6.07) is 30.2. The summed E-state index contributed by atoms with van der Waals surface area (Å²) in [7, 11) is 0. The van der Waals surface area contributed by atoms with Crippen LogP contribution in [0.25, 0.3) is 16.8 Å². The van der Waals surface area contributed by atoms with Gasteiger partial charge in [-0.15, -0.1) is 0 Å². The fraction of sp³-hybridized carbons (Fsp3) is 0.0370. The van der Waals surface area contributed by atoms with Gasteiger partial charge in [0, 0.05) is 5.56 Å². The van der Waals surface area contributed by atoms with Gasteiger partial charge in [-0.2, -0.15) is 0 Å². The lowest BCUT2D eigenvalue weighted by Crippen LogP contribution is -2.11. The smallest absolute Gasteiger partial charge is 0.315 e. The maximum Gasteiger partial charge on any atom is 0.315 e. The van der Waals surface area contributed by atoms with E-state index in [1.165, 1.54) is 0 Å². The first-order valence-electron chi connectivity index (χ1n) is 9.73. The molecule has 0 aliphatic rings. The number of allylic oxidation sites excluding steroid dienone is 1. The molecule has 0 bridgehead atoms. The Labute approximate surface area is 175 Å². The molecule has 4 rings (SSSR count). The van der Waals surface area contributed by atoms with E-state index >= 15 is 0 Å². The van der Waals surface area contributed by atoms with Gasteiger partial charge in [-0.1, -0.05) is 84.9 Å². The van der Waals surface area contributed by atoms with Gasteiger partial charge in [-0.05, 0) is 46.2 Å². The quantitative estimate of drug-likeness (QED) is 0.178. The lowest BCUT2D eigenvalue weighted by molar-refractivity contribution is -0.133. The van der Waals surface area contributed by atoms with Crippen LogP contribution in [0.15, 0.2) is 103 Å². The zero-order valence-electron chi connectivity index (χ0n) is 16.3. The van der Waals surface area contributed by atoms with E-state index in [-0.39, 0.29) is 18.2 Å². The minimum Gasteiger partial charge on any atom is -0.426 e. The third-order valence-electron chi connectivity index (χ3n) is 4.76. The highest BCUT2D eigenvalue weighted by Crippen LogP contribution is 2.18. The summed E-state index contributed by atoms with van der Waals surface area (Å²) >= 11 is 0. The van der Waals surface area contributed by atoms with Crippen LogP contribution in [-0.4, -0.2) is 11.8 Å². The molecule has 0 unspecified atom stereocenters. The van der Waals surface area contributed by atoms with Crippen molar-refractivity contribution in [3.63, 3.8) is 0 Å². The molecule has 3 nitrogen and oxygen atoms in total. The fourth-order valence-electron chi connectivity index (χ4n) is 3.19. The average molecular weight is 392 g/mol. The molecule has 4 aromatic carbocycles. The van der Waals surface area contributed by atoms with Crippen molar-refractivity contribution < 1.29 is 14.3 Å². The number of fused-ring (bicyclic) bond motifs is 1. The highest BCUT2D eigenvalue weighted by molar-refractivity contribution is 6.08. The van der Waals surface area contributed by atoms with Gasteiger partial charge in [0.05, 0.1) is 6.42 Å². The van der Waals surface area contributed by atoms with E-state index in [1.54, 1.807) is 24.3 Å². The molecule has 0 amide bonds. The maximum atomic E-state index is 12.5. The van der Waals surface area contributed by atoms with Crippen LogP contribution in [0.1, 0.15) is 21.5 Å². The molecule has 0 heterocycles. The van der Waals surface area contributed by atoms with Crippen LogP contribution >= 0.6 is 0 Å². The van der Waals surface area contributed by atoms with E-state index in [0.29, 0.717) is 11.3 Å². The molecular formula is C27H20O3. The van der Waals surface area contributed by atoms with E-state index in [9.17, 15) is 9.59 Å². The number of hydrogen-bond donors (Lipinski definition) is 0. The number of ketones is 1. The summed E-state index contributed by atoms with van der Waals surface area (Å²) in [5.41, 5.74) is 2.41. The minimum absolute atomic E-state index is 0.0564. The van der Waals surface area contributed by atoms with Crippen molar-refractivity contribution in [2.75, 3.05) is 0 Å². The number of rotatable bonds is 6. The van der Waals surface area contributed by atoms with Crippen LogP contribution < -0.4 is 4.74 Å². The zero-order chi connectivity index (χ0) is 20.8. The Hall–Kier alpha value is -3.98. The highest BCUT2D eigenvalue weighted by atomic mass is 16.5. The van der Waals surface area contributed by atoms with Crippen LogP contribution in [0.3, 0.4) is 0 Å². The third kappa shape index (κ3) is 4.89. The van der Waals surface area contributed by atoms with Crippen LogP contribution in [-0.2, 0) is 11.2 Å². The van der Waals surface area contributed by atoms with Gasteiger partial charge in [0.15, 0.2) is 5.78 Å². The standard InChI is InChI=1S/C27H20O3/c28-26(24-14-13-22-8-4-5-9-23(22)19-24)17-12-20-10-15-25(16-11-20)30-27(29)18-21-6-2-1-3-7-21/h1-17,19H,18H2/b17-12+. The fourth-order valence-corrected chi connectivity index (χ4v) is 3.19. The van der Waals surface area contributed by atoms with Gasteiger partial charge in [-0.3, -0.25) is 9.59 Å². The topological polar surface area (TPSA) is 43.4 Å². The molecule has 0 aromatic heterocycles. The first-order valence-corrected chi connectivity index (χ1v) is 9.73. The van der Waals surface area contributed by atoms with Crippen LogP contribution in [0.4, 0.5) is 0 Å². The Morgan fingerprint density at radius 2 is 1.43 bits per heavy atom. The van der Waals surface area contributed by atoms with Crippen molar-refractivity contribution in [2.45, 2.75) is 6.42 Å². The predicted octanol–water partition coefficient (Wildman–Crippen LogP) is 5.88. The molecule has 0 atom stereocenters. The molecule has 0 saturated heterocycles. The monoisotopic (exact) mass is 392 g/mol. The SMILES string of the molecule is O=C(Cc1ccccc1)Oc1ccc(/C=C/C(=O)c2ccc3ccccc3c2)cc1. The molecule has 0 fully saturated rings. The van der Waals surface area contributed by atoms with E-state index in [1.807, 2.05) is 84.9 Å². The molecule has 0 spiro atoms. The van der Waals surface area contributed by atoms with Gasteiger partial charge in [0.25, 0.3) is 0 Å². The number of hydrogen-bond acceptors (Lipinski definition) is 3. The van der Waals surface area contributed by atoms with E-state index in [2.05, 4.69) is 0 Å². The molecule has 146 valence electrons. The van der Waals surface area contributed by atoms with Crippen LogP contribution in [0.2, 0.25) is 0 Å². The Bertz CT molecular complexity index is 1210. The Morgan fingerprint density at radius 3 is 2.20 bits per heavy atom. The molecule has 0 N–H and O–H groups in total. The molecule has 30 heavy (non-hydrogen) atoms. The molecule has 0 aliphatic heterocycles. The second-order valence-corrected chi connectivity index (χ2v) is 6.96. The van der Waals surface area contributed by atoms with E-state index in [4.69, 9.17) is 4.74 Å². The Balaban J connectivity index is 1.38. The number of benzene rings is 4. The summed E-state index contributed by atoms with van der Waals surface area (Å²) in [6.07, 6.45) is 3.54. The summed E-state index contributed by atoms with van der Waals surface area (Å²) in [5, 5.41) is 2.15. The molecule has 0 aliphatic carbocycles. The highest BCUT2D eigenvalue weighted by Gasteiger charge is 2.06. The van der Waals surface area contributed by atoms with Gasteiger partial charge < -0.3 is 4.74 Å². The lowest BCUT2D eigenvalue weighted by Gasteiger charge is -2.05. The second-order valence-electron chi connectivity index (χ2n) is 6.96. The van der Waals surface area contributed by atoms with Gasteiger partial charge >= 0.3 is 5.97 Å². The van der Waals surface area contributed by atoms with Crippen molar-refractivity contribution in [1.29, 1.82) is 0 Å². The van der Waals surface area contributed by atoms with Gasteiger partial charge in [-0.25, -0.2) is 0 Å². The zero-order valence-corrected chi connectivity index (χ0v) is 16.3. The summed E-state index contributed by atoms with van der Waals surface area (Å²) < 4.78 is 5.38. The molecule has 3 heteroatoms. The second kappa shape index (κ2) is 9.01. The lowest BCUT2D eigenvalue weighted by atomic mass is 10.0. The van der Waals surface area contributed by atoms with Crippen molar-refractivity contribution in [3.8, 4) is 5.75 Å². The molecule has 0 radical (unpaired) electrons. The maximum absolute atomic E-state index is 12.5. The van der Waals surface area contributed by atoms with Crippen molar-refractivity contribution in [1.82, 2.24) is 0 Å². The average Bonchev–Trinajstić information content (AvgIpc) is 2.78. The Kier molecular flexibility index (Phi) is 5.81. The van der Waals surface area contributed by atoms with Crippen molar-refractivity contribution in [2.24, 2.45) is 0 Å². The number of ether oxygens (including phenoxy) is 1. The Morgan fingerprint density at radius 1 is 0.733 bits per heavy atom. The van der Waals surface area contributed by atoms with Gasteiger partial charge in [0.1, 0.15) is 5.75 Å². The normalized spacial score (nSPS) is 10.9.